The zero-order chi connectivity index (χ0) is 8.23. The van der Waals surface area contributed by atoms with Gasteiger partial charge in [-0.3, -0.25) is 9.97 Å². The van der Waals surface area contributed by atoms with Crippen molar-refractivity contribution >= 4 is 0 Å². The third kappa shape index (κ3) is 1.32. The van der Waals surface area contributed by atoms with E-state index < -0.39 is 0 Å². The summed E-state index contributed by atoms with van der Waals surface area (Å²) in [5.41, 5.74) is 2.14. The minimum Gasteiger partial charge on any atom is -0.255 e. The third-order valence-electron chi connectivity index (χ3n) is 1.57. The predicted molar refractivity (Wildman–Crippen MR) is 45.1 cm³/mol. The van der Waals surface area contributed by atoms with Crippen molar-refractivity contribution in [3.8, 4) is 11.1 Å². The number of hydrogen-bond donors (Lipinski definition) is 0. The van der Waals surface area contributed by atoms with Crippen LogP contribution in [0.4, 0.5) is 0 Å². The van der Waals surface area contributed by atoms with E-state index in [1.165, 1.54) is 0 Å². The van der Waals surface area contributed by atoms with Crippen LogP contribution in [-0.4, -0.2) is 9.97 Å². The van der Waals surface area contributed by atoms with E-state index in [1.54, 1.807) is 18.5 Å². The normalized spacial score (nSPS) is 9.67. The summed E-state index contributed by atoms with van der Waals surface area (Å²) in [6, 6.07) is 7.50. The summed E-state index contributed by atoms with van der Waals surface area (Å²) in [6.07, 6.45) is 8.98. The zero-order valence-corrected chi connectivity index (χ0v) is 6.36. The first-order valence-corrected chi connectivity index (χ1v) is 3.61. The largest absolute Gasteiger partial charge is 0.255 e. The predicted octanol–water partition coefficient (Wildman–Crippen LogP) is 1.74. The molecule has 0 aromatic carbocycles. The van der Waals surface area contributed by atoms with Gasteiger partial charge in [0, 0.05) is 18.0 Å². The van der Waals surface area contributed by atoms with Gasteiger partial charge in [-0.15, -0.1) is 0 Å². The quantitative estimate of drug-likeness (QED) is 0.625. The van der Waals surface area contributed by atoms with Crippen LogP contribution in [-0.2, 0) is 0 Å². The lowest BCUT2D eigenvalue weighted by molar-refractivity contribution is 1.29. The van der Waals surface area contributed by atoms with Crippen molar-refractivity contribution in [2.24, 2.45) is 0 Å². The van der Waals surface area contributed by atoms with Gasteiger partial charge in [0.25, 0.3) is 0 Å². The fraction of sp³-hybridized carbons (Fsp3) is 0. The zero-order valence-electron chi connectivity index (χ0n) is 6.36. The molecular weight excluding hydrogens is 148 g/mol. The molecular formula is C10H6N2. The SMILES string of the molecule is [c]1cc(-c2cc[c]nc2)ccn1. The molecule has 0 saturated heterocycles. The number of hydrogen-bond acceptors (Lipinski definition) is 2. The maximum absolute atomic E-state index is 3.90. The summed E-state index contributed by atoms with van der Waals surface area (Å²) in [5.74, 6) is 0. The lowest BCUT2D eigenvalue weighted by atomic mass is 10.1. The Balaban J connectivity index is 2.46. The van der Waals surface area contributed by atoms with Gasteiger partial charge in [-0.25, -0.2) is 0 Å². The maximum Gasteiger partial charge on any atom is 0.0892 e. The molecule has 2 aromatic heterocycles. The van der Waals surface area contributed by atoms with Gasteiger partial charge < -0.3 is 0 Å². The average molecular weight is 154 g/mol. The van der Waals surface area contributed by atoms with Crippen molar-refractivity contribution in [3.63, 3.8) is 0 Å². The topological polar surface area (TPSA) is 25.8 Å². The van der Waals surface area contributed by atoms with Crippen LogP contribution in [0.3, 0.4) is 0 Å². The minimum absolute atomic E-state index is 1.06. The van der Waals surface area contributed by atoms with E-state index in [-0.39, 0.29) is 0 Å². The van der Waals surface area contributed by atoms with Gasteiger partial charge >= 0.3 is 0 Å². The fourth-order valence-corrected chi connectivity index (χ4v) is 0.986. The van der Waals surface area contributed by atoms with E-state index in [1.807, 2.05) is 18.2 Å². The lowest BCUT2D eigenvalue weighted by Crippen LogP contribution is -1.79. The van der Waals surface area contributed by atoms with Crippen LogP contribution in [0.2, 0.25) is 0 Å². The van der Waals surface area contributed by atoms with Gasteiger partial charge in [0.2, 0.25) is 0 Å². The lowest BCUT2D eigenvalue weighted by Gasteiger charge is -1.96. The summed E-state index contributed by atoms with van der Waals surface area (Å²) < 4.78 is 0. The Kier molecular flexibility index (Phi) is 1.82. The first-order chi connectivity index (χ1) is 5.97. The molecule has 2 heteroatoms. The molecule has 0 N–H and O–H groups in total. The van der Waals surface area contributed by atoms with Crippen molar-refractivity contribution in [1.29, 1.82) is 0 Å². The average Bonchev–Trinajstić information content (AvgIpc) is 2.21. The highest BCUT2D eigenvalue weighted by atomic mass is 14.6. The Hall–Kier alpha value is -1.70. The highest BCUT2D eigenvalue weighted by Crippen LogP contribution is 2.14. The molecule has 12 heavy (non-hydrogen) atoms. The van der Waals surface area contributed by atoms with Crippen LogP contribution in [0.15, 0.2) is 36.7 Å². The van der Waals surface area contributed by atoms with Crippen molar-refractivity contribution in [1.82, 2.24) is 9.97 Å². The highest BCUT2D eigenvalue weighted by molar-refractivity contribution is 5.60. The van der Waals surface area contributed by atoms with Crippen molar-refractivity contribution in [3.05, 3.63) is 49.1 Å². The standard InChI is InChI=1S/C10H6N2/c1-2-10(8-12-5-1)9-3-6-11-7-4-9/h1-4,6,8H. The molecule has 0 bridgehead atoms. The van der Waals surface area contributed by atoms with E-state index >= 15 is 0 Å². The molecule has 56 valence electrons. The van der Waals surface area contributed by atoms with Crippen LogP contribution < -0.4 is 0 Å². The van der Waals surface area contributed by atoms with E-state index in [0.29, 0.717) is 0 Å². The number of aromatic nitrogens is 2. The monoisotopic (exact) mass is 154 g/mol. The van der Waals surface area contributed by atoms with Crippen molar-refractivity contribution in [2.75, 3.05) is 0 Å². The first-order valence-electron chi connectivity index (χ1n) is 3.61. The van der Waals surface area contributed by atoms with Gasteiger partial charge in [0.05, 0.1) is 12.4 Å². The van der Waals surface area contributed by atoms with Crippen molar-refractivity contribution < 1.29 is 0 Å². The van der Waals surface area contributed by atoms with E-state index in [4.69, 9.17) is 0 Å². The molecule has 0 unspecified atom stereocenters. The Morgan fingerprint density at radius 2 is 2.00 bits per heavy atom. The molecule has 2 radical (unpaired) electrons. The maximum atomic E-state index is 3.90. The number of rotatable bonds is 1. The molecule has 2 nitrogen and oxygen atoms in total. The minimum atomic E-state index is 1.06. The smallest absolute Gasteiger partial charge is 0.0892 e. The highest BCUT2D eigenvalue weighted by Gasteiger charge is 1.93. The molecule has 0 aliphatic heterocycles. The molecule has 0 atom stereocenters. The third-order valence-corrected chi connectivity index (χ3v) is 1.57. The van der Waals surface area contributed by atoms with E-state index in [0.717, 1.165) is 11.1 Å². The molecule has 2 aromatic rings. The second-order valence-corrected chi connectivity index (χ2v) is 2.35. The van der Waals surface area contributed by atoms with Gasteiger partial charge in [0.1, 0.15) is 0 Å². The summed E-state index contributed by atoms with van der Waals surface area (Å²) >= 11 is 0. The summed E-state index contributed by atoms with van der Waals surface area (Å²) in [5, 5.41) is 0. The molecule has 0 aliphatic carbocycles. The molecule has 0 aliphatic rings. The van der Waals surface area contributed by atoms with Gasteiger partial charge in [-0.05, 0) is 23.8 Å². The van der Waals surface area contributed by atoms with Crippen LogP contribution >= 0.6 is 0 Å². The van der Waals surface area contributed by atoms with Gasteiger partial charge in [0.15, 0.2) is 0 Å². The van der Waals surface area contributed by atoms with E-state index in [2.05, 4.69) is 22.4 Å². The Morgan fingerprint density at radius 1 is 1.00 bits per heavy atom. The fourth-order valence-electron chi connectivity index (χ4n) is 0.986. The molecule has 2 rings (SSSR count). The second kappa shape index (κ2) is 3.13. The summed E-state index contributed by atoms with van der Waals surface area (Å²) in [4.78, 5) is 7.72. The molecule has 0 amide bonds. The number of pyridine rings is 2. The van der Waals surface area contributed by atoms with Gasteiger partial charge in [-0.1, -0.05) is 6.07 Å². The summed E-state index contributed by atoms with van der Waals surface area (Å²) in [7, 11) is 0. The summed E-state index contributed by atoms with van der Waals surface area (Å²) in [6.45, 7) is 0. The Bertz CT molecular complexity index is 305. The molecule has 2 heterocycles. The van der Waals surface area contributed by atoms with Crippen LogP contribution in [0, 0.1) is 12.4 Å². The molecule has 0 fully saturated rings. The van der Waals surface area contributed by atoms with Crippen LogP contribution in [0.5, 0.6) is 0 Å². The second-order valence-electron chi connectivity index (χ2n) is 2.35. The van der Waals surface area contributed by atoms with Gasteiger partial charge in [-0.2, -0.15) is 0 Å². The Labute approximate surface area is 70.9 Å². The first kappa shape index (κ1) is 6.98. The van der Waals surface area contributed by atoms with Crippen LogP contribution in [0.25, 0.3) is 11.1 Å². The molecule has 0 saturated carbocycles. The Morgan fingerprint density at radius 3 is 2.67 bits per heavy atom. The number of nitrogens with zero attached hydrogens (tertiary/aromatic N) is 2. The molecule has 0 spiro atoms. The van der Waals surface area contributed by atoms with Crippen LogP contribution in [0.1, 0.15) is 0 Å². The van der Waals surface area contributed by atoms with E-state index in [9.17, 15) is 0 Å². The van der Waals surface area contributed by atoms with Crippen molar-refractivity contribution in [2.45, 2.75) is 0 Å².